The van der Waals surface area contributed by atoms with Gasteiger partial charge >= 0.3 is 0 Å². The summed E-state index contributed by atoms with van der Waals surface area (Å²) in [5.74, 6) is -0.0975. The molecule has 0 saturated heterocycles. The third-order valence-electron chi connectivity index (χ3n) is 5.15. The summed E-state index contributed by atoms with van der Waals surface area (Å²) in [6.07, 6.45) is 6.45. The standard InChI is InChI=1S/C20H28N4O2S/c1-19(2,26)13-10-14-6-8-15(9-7-14)16(25)22-20(11-4-3-5-12-20)17-23-24-18(21)27-17/h6-9,26H,3-5,10-13H2,1-2H3,(H2,21,24)(H,22,25). The van der Waals surface area contributed by atoms with Gasteiger partial charge < -0.3 is 16.2 Å². The van der Waals surface area contributed by atoms with Crippen LogP contribution in [0.2, 0.25) is 0 Å². The molecule has 3 rings (SSSR count). The Morgan fingerprint density at radius 1 is 1.22 bits per heavy atom. The Bertz CT molecular complexity index is 774. The van der Waals surface area contributed by atoms with E-state index in [0.717, 1.165) is 42.7 Å². The van der Waals surface area contributed by atoms with Crippen molar-refractivity contribution in [2.75, 3.05) is 5.73 Å². The molecule has 4 N–H and O–H groups in total. The van der Waals surface area contributed by atoms with E-state index in [-0.39, 0.29) is 5.91 Å². The summed E-state index contributed by atoms with van der Waals surface area (Å²) in [5, 5.41) is 22.5. The van der Waals surface area contributed by atoms with E-state index in [1.165, 1.54) is 17.8 Å². The number of carbonyl (C=O) groups excluding carboxylic acids is 1. The van der Waals surface area contributed by atoms with Crippen molar-refractivity contribution < 1.29 is 9.90 Å². The zero-order valence-electron chi connectivity index (χ0n) is 16.0. The number of amides is 1. The van der Waals surface area contributed by atoms with E-state index >= 15 is 0 Å². The van der Waals surface area contributed by atoms with E-state index in [0.29, 0.717) is 17.1 Å². The van der Waals surface area contributed by atoms with Crippen molar-refractivity contribution in [3.05, 3.63) is 40.4 Å². The lowest BCUT2D eigenvalue weighted by Crippen LogP contribution is -2.47. The van der Waals surface area contributed by atoms with E-state index < -0.39 is 11.1 Å². The zero-order chi connectivity index (χ0) is 19.5. The van der Waals surface area contributed by atoms with Gasteiger partial charge in [-0.1, -0.05) is 42.7 Å². The average Bonchev–Trinajstić information content (AvgIpc) is 3.08. The zero-order valence-corrected chi connectivity index (χ0v) is 16.8. The minimum atomic E-state index is -0.688. The summed E-state index contributed by atoms with van der Waals surface area (Å²) in [6, 6.07) is 7.61. The molecule has 0 radical (unpaired) electrons. The van der Waals surface area contributed by atoms with Crippen molar-refractivity contribution in [2.24, 2.45) is 0 Å². The number of anilines is 1. The number of hydrogen-bond acceptors (Lipinski definition) is 6. The summed E-state index contributed by atoms with van der Waals surface area (Å²) in [4.78, 5) is 12.9. The molecule has 1 aliphatic carbocycles. The van der Waals surface area contributed by atoms with Crippen LogP contribution in [-0.2, 0) is 12.0 Å². The quantitative estimate of drug-likeness (QED) is 0.704. The van der Waals surface area contributed by atoms with Crippen LogP contribution in [0.15, 0.2) is 24.3 Å². The van der Waals surface area contributed by atoms with Crippen LogP contribution in [0.3, 0.4) is 0 Å². The van der Waals surface area contributed by atoms with E-state index in [1.807, 2.05) is 24.3 Å². The maximum Gasteiger partial charge on any atom is 0.252 e. The molecule has 1 aliphatic rings. The van der Waals surface area contributed by atoms with Gasteiger partial charge in [0.05, 0.1) is 11.1 Å². The molecule has 0 atom stereocenters. The number of nitrogens with two attached hydrogens (primary N) is 1. The Morgan fingerprint density at radius 3 is 2.44 bits per heavy atom. The highest BCUT2D eigenvalue weighted by Crippen LogP contribution is 2.39. The Morgan fingerprint density at radius 2 is 1.89 bits per heavy atom. The van der Waals surface area contributed by atoms with Gasteiger partial charge in [0, 0.05) is 5.56 Å². The maximum atomic E-state index is 12.9. The molecule has 1 saturated carbocycles. The van der Waals surface area contributed by atoms with Gasteiger partial charge in [0.25, 0.3) is 5.91 Å². The summed E-state index contributed by atoms with van der Waals surface area (Å²) >= 11 is 1.36. The topological polar surface area (TPSA) is 101 Å². The first-order valence-electron chi connectivity index (χ1n) is 9.51. The number of rotatable bonds is 6. The highest BCUT2D eigenvalue weighted by atomic mass is 32.1. The summed E-state index contributed by atoms with van der Waals surface area (Å²) in [6.45, 7) is 3.61. The van der Waals surface area contributed by atoms with Crippen LogP contribution in [0.4, 0.5) is 5.13 Å². The monoisotopic (exact) mass is 388 g/mol. The van der Waals surface area contributed by atoms with Gasteiger partial charge in [-0.3, -0.25) is 4.79 Å². The van der Waals surface area contributed by atoms with E-state index in [4.69, 9.17) is 5.73 Å². The first-order valence-corrected chi connectivity index (χ1v) is 10.3. The van der Waals surface area contributed by atoms with E-state index in [2.05, 4.69) is 15.5 Å². The van der Waals surface area contributed by atoms with Crippen molar-refractivity contribution in [3.8, 4) is 0 Å². The van der Waals surface area contributed by atoms with Gasteiger partial charge in [0.2, 0.25) is 5.13 Å². The molecule has 1 heterocycles. The first-order chi connectivity index (χ1) is 12.8. The largest absolute Gasteiger partial charge is 0.390 e. The number of aryl methyl sites for hydroxylation is 1. The van der Waals surface area contributed by atoms with E-state index in [1.54, 1.807) is 13.8 Å². The predicted molar refractivity (Wildman–Crippen MR) is 108 cm³/mol. The van der Waals surface area contributed by atoms with Gasteiger partial charge in [-0.05, 0) is 57.2 Å². The van der Waals surface area contributed by atoms with Gasteiger partial charge in [0.1, 0.15) is 5.01 Å². The number of hydrogen-bond donors (Lipinski definition) is 3. The normalized spacial score (nSPS) is 16.9. The molecule has 7 heteroatoms. The fourth-order valence-corrected chi connectivity index (χ4v) is 4.35. The average molecular weight is 389 g/mol. The smallest absolute Gasteiger partial charge is 0.252 e. The molecule has 146 valence electrons. The second-order valence-corrected chi connectivity index (χ2v) is 9.06. The minimum Gasteiger partial charge on any atom is -0.390 e. The van der Waals surface area contributed by atoms with Crippen LogP contribution in [-0.4, -0.2) is 26.8 Å². The number of nitrogens with zero attached hydrogens (tertiary/aromatic N) is 2. The number of aromatic nitrogens is 2. The predicted octanol–water partition coefficient (Wildman–Crippen LogP) is 3.41. The first kappa shape index (κ1) is 19.8. The number of carbonyl (C=O) groups is 1. The molecule has 0 spiro atoms. The van der Waals surface area contributed by atoms with Crippen LogP contribution >= 0.6 is 11.3 Å². The molecule has 2 aromatic rings. The maximum absolute atomic E-state index is 12.9. The highest BCUT2D eigenvalue weighted by molar-refractivity contribution is 7.15. The molecule has 0 unspecified atom stereocenters. The van der Waals surface area contributed by atoms with Crippen molar-refractivity contribution in [1.29, 1.82) is 0 Å². The number of aliphatic hydroxyl groups is 1. The van der Waals surface area contributed by atoms with Crippen LogP contribution in [0.1, 0.15) is 73.3 Å². The van der Waals surface area contributed by atoms with Crippen LogP contribution in [0.5, 0.6) is 0 Å². The number of nitrogen functional groups attached to an aromatic ring is 1. The van der Waals surface area contributed by atoms with Gasteiger partial charge in [0.15, 0.2) is 0 Å². The summed E-state index contributed by atoms with van der Waals surface area (Å²) < 4.78 is 0. The third-order valence-corrected chi connectivity index (χ3v) is 6.11. The number of benzene rings is 1. The lowest BCUT2D eigenvalue weighted by molar-refractivity contribution is 0.0713. The fraction of sp³-hybridized carbons (Fsp3) is 0.550. The van der Waals surface area contributed by atoms with Crippen molar-refractivity contribution in [1.82, 2.24) is 15.5 Å². The van der Waals surface area contributed by atoms with Crippen molar-refractivity contribution >= 4 is 22.4 Å². The Kier molecular flexibility index (Phi) is 5.81. The lowest BCUT2D eigenvalue weighted by atomic mass is 9.82. The van der Waals surface area contributed by atoms with Crippen molar-refractivity contribution in [3.63, 3.8) is 0 Å². The van der Waals surface area contributed by atoms with Crippen LogP contribution < -0.4 is 11.1 Å². The van der Waals surface area contributed by atoms with E-state index in [9.17, 15) is 9.90 Å². The van der Waals surface area contributed by atoms with Gasteiger partial charge in [-0.15, -0.1) is 10.2 Å². The SMILES string of the molecule is CC(C)(O)CCc1ccc(C(=O)NC2(c3nnc(N)s3)CCCCC2)cc1. The summed E-state index contributed by atoms with van der Waals surface area (Å²) in [7, 11) is 0. The number of nitrogens with one attached hydrogen (secondary N) is 1. The third kappa shape index (κ3) is 5.05. The molecular formula is C20H28N4O2S. The molecule has 1 amide bonds. The molecule has 0 bridgehead atoms. The Labute approximate surface area is 164 Å². The molecule has 1 aromatic heterocycles. The molecular weight excluding hydrogens is 360 g/mol. The second-order valence-electron chi connectivity index (χ2n) is 8.05. The summed E-state index contributed by atoms with van der Waals surface area (Å²) in [5.41, 5.74) is 6.36. The minimum absolute atomic E-state index is 0.0975. The van der Waals surface area contributed by atoms with Gasteiger partial charge in [-0.25, -0.2) is 0 Å². The molecule has 27 heavy (non-hydrogen) atoms. The highest BCUT2D eigenvalue weighted by Gasteiger charge is 2.38. The fourth-order valence-electron chi connectivity index (χ4n) is 3.54. The molecule has 0 aliphatic heterocycles. The Balaban J connectivity index is 1.72. The molecule has 1 fully saturated rings. The lowest BCUT2D eigenvalue weighted by Gasteiger charge is -2.36. The second kappa shape index (κ2) is 7.94. The van der Waals surface area contributed by atoms with Crippen LogP contribution in [0.25, 0.3) is 0 Å². The van der Waals surface area contributed by atoms with Crippen LogP contribution in [0, 0.1) is 0 Å². The van der Waals surface area contributed by atoms with Crippen molar-refractivity contribution in [2.45, 2.75) is 69.9 Å². The Hall–Kier alpha value is -1.99. The molecule has 6 nitrogen and oxygen atoms in total. The van der Waals surface area contributed by atoms with Gasteiger partial charge in [-0.2, -0.15) is 0 Å². The molecule has 1 aromatic carbocycles.